The monoisotopic (exact) mass is 943 g/mol. The van der Waals surface area contributed by atoms with E-state index in [0.29, 0.717) is 12.8 Å². The molecular weight excluding hydrogens is 841 g/mol. The van der Waals surface area contributed by atoms with Gasteiger partial charge in [0.05, 0.1) is 25.4 Å². The number of esters is 2. The summed E-state index contributed by atoms with van der Waals surface area (Å²) in [6, 6.07) is 17.3. The van der Waals surface area contributed by atoms with Crippen molar-refractivity contribution in [3.05, 3.63) is 48.5 Å². The number of carbonyl (C=O) groups is 2. The molecule has 3 aromatic carbocycles. The molecule has 0 aliphatic carbocycles. The highest BCUT2D eigenvalue weighted by atomic mass is 16.5. The summed E-state index contributed by atoms with van der Waals surface area (Å²) in [5.41, 5.74) is 0. The lowest BCUT2D eigenvalue weighted by Crippen LogP contribution is -2.10. The van der Waals surface area contributed by atoms with Crippen molar-refractivity contribution in [2.75, 3.05) is 13.2 Å². The predicted molar refractivity (Wildman–Crippen MR) is 290 cm³/mol. The van der Waals surface area contributed by atoms with Crippen molar-refractivity contribution in [1.82, 2.24) is 0 Å². The van der Waals surface area contributed by atoms with Gasteiger partial charge in [0.25, 0.3) is 0 Å². The number of hydrogen-bond acceptors (Lipinski definition) is 6. The number of carbonyl (C=O) groups excluding carboxylic acids is 2. The molecule has 0 saturated carbocycles. The minimum Gasteiger partial charge on any atom is -0.492 e. The standard InChI is InChI=1S/C62H102O6/c1-53(2)67-59(63)49-37-33-29-25-21-17-13-9-5-7-11-15-19-23-27-31-35-43-51-65-61-55-45-39-41-47-57(55)62(58-48-42-40-46-56(58)61)66-52-44-36-32-28-24-20-16-12-8-6-10-14-18-22-26-30-34-38-50-60(64)68-54(3)4/h39-42,45-48,53-54H,5-38,43-44,49-52H2,1-4H3. The van der Waals surface area contributed by atoms with E-state index in [-0.39, 0.29) is 24.1 Å². The van der Waals surface area contributed by atoms with Gasteiger partial charge in [0.2, 0.25) is 0 Å². The SMILES string of the molecule is CC(C)OC(=O)CCCCCCCCCCCCCCCCCCCCOc1c2ccccc2c(OCCCCCCCCCCCCCCCCCCCCC(=O)OC(C)C)c2ccccc12. The van der Waals surface area contributed by atoms with E-state index < -0.39 is 0 Å². The van der Waals surface area contributed by atoms with Gasteiger partial charge in [-0.3, -0.25) is 9.59 Å². The molecule has 0 unspecified atom stereocenters. The molecule has 6 heteroatoms. The van der Waals surface area contributed by atoms with Gasteiger partial charge < -0.3 is 18.9 Å². The summed E-state index contributed by atoms with van der Waals surface area (Å²) in [5.74, 6) is 1.94. The Hall–Kier alpha value is -3.28. The number of fused-ring (bicyclic) bond motifs is 2. The van der Waals surface area contributed by atoms with Crippen LogP contribution in [0.5, 0.6) is 11.5 Å². The third-order valence-corrected chi connectivity index (χ3v) is 13.6. The van der Waals surface area contributed by atoms with Crippen LogP contribution in [0, 0.1) is 0 Å². The molecule has 0 aliphatic rings. The first-order valence-electron chi connectivity index (χ1n) is 28.9. The molecule has 0 spiro atoms. The summed E-state index contributed by atoms with van der Waals surface area (Å²) in [5, 5.41) is 4.64. The average Bonchev–Trinajstić information content (AvgIpc) is 3.32. The highest BCUT2D eigenvalue weighted by Crippen LogP contribution is 2.43. The van der Waals surface area contributed by atoms with Crippen molar-refractivity contribution in [3.8, 4) is 11.5 Å². The summed E-state index contributed by atoms with van der Waals surface area (Å²) >= 11 is 0. The first kappa shape index (κ1) is 59.0. The Morgan fingerprint density at radius 2 is 0.500 bits per heavy atom. The first-order valence-corrected chi connectivity index (χ1v) is 28.9. The summed E-state index contributed by atoms with van der Waals surface area (Å²) in [6.07, 6.45) is 48.0. The third-order valence-electron chi connectivity index (χ3n) is 13.6. The molecule has 0 amide bonds. The van der Waals surface area contributed by atoms with E-state index in [1.165, 1.54) is 193 Å². The molecule has 0 atom stereocenters. The van der Waals surface area contributed by atoms with Crippen LogP contribution in [0.4, 0.5) is 0 Å². The highest BCUT2D eigenvalue weighted by Gasteiger charge is 2.16. The number of ether oxygens (including phenoxy) is 4. The van der Waals surface area contributed by atoms with Crippen molar-refractivity contribution >= 4 is 33.5 Å². The van der Waals surface area contributed by atoms with Crippen molar-refractivity contribution in [2.45, 2.75) is 284 Å². The quantitative estimate of drug-likeness (QED) is 0.0319. The lowest BCUT2D eigenvalue weighted by atomic mass is 10.0. The number of benzene rings is 3. The van der Waals surface area contributed by atoms with Crippen molar-refractivity contribution in [1.29, 1.82) is 0 Å². The van der Waals surface area contributed by atoms with E-state index in [9.17, 15) is 9.59 Å². The Kier molecular flexibility index (Phi) is 35.1. The zero-order valence-electron chi connectivity index (χ0n) is 44.5. The molecule has 0 radical (unpaired) electrons. The molecular formula is C62H102O6. The zero-order valence-corrected chi connectivity index (χ0v) is 44.5. The second-order valence-corrected chi connectivity index (χ2v) is 20.8. The predicted octanol–water partition coefficient (Wildman–Crippen LogP) is 19.5. The van der Waals surface area contributed by atoms with Crippen LogP contribution in [0.25, 0.3) is 21.5 Å². The van der Waals surface area contributed by atoms with E-state index >= 15 is 0 Å². The van der Waals surface area contributed by atoms with Crippen molar-refractivity contribution < 1.29 is 28.5 Å². The Labute approximate surface area is 417 Å². The Morgan fingerprint density at radius 1 is 0.309 bits per heavy atom. The normalized spacial score (nSPS) is 11.6. The van der Waals surface area contributed by atoms with Crippen LogP contribution in [0.3, 0.4) is 0 Å². The minimum atomic E-state index is -0.0407. The zero-order chi connectivity index (χ0) is 48.5. The van der Waals surface area contributed by atoms with Crippen LogP contribution >= 0.6 is 0 Å². The molecule has 3 aromatic rings. The summed E-state index contributed by atoms with van der Waals surface area (Å²) < 4.78 is 23.7. The number of rotatable bonds is 46. The van der Waals surface area contributed by atoms with E-state index in [0.717, 1.165) is 84.8 Å². The van der Waals surface area contributed by atoms with Gasteiger partial charge in [-0.15, -0.1) is 0 Å². The fourth-order valence-electron chi connectivity index (χ4n) is 9.75. The largest absolute Gasteiger partial charge is 0.492 e. The molecule has 386 valence electrons. The summed E-state index contributed by atoms with van der Waals surface area (Å²) in [6.45, 7) is 9.17. The fourth-order valence-corrected chi connectivity index (χ4v) is 9.75. The first-order chi connectivity index (χ1) is 33.4. The highest BCUT2D eigenvalue weighted by molar-refractivity contribution is 6.11. The third kappa shape index (κ3) is 29.0. The van der Waals surface area contributed by atoms with Gasteiger partial charge in [-0.25, -0.2) is 0 Å². The van der Waals surface area contributed by atoms with Crippen LogP contribution in [0.1, 0.15) is 272 Å². The molecule has 0 aromatic heterocycles. The fraction of sp³-hybridized carbons (Fsp3) is 0.742. The van der Waals surface area contributed by atoms with Crippen LogP contribution in [-0.2, 0) is 19.1 Å². The molecule has 0 N–H and O–H groups in total. The Bertz CT molecular complexity index is 1500. The molecule has 0 saturated heterocycles. The summed E-state index contributed by atoms with van der Waals surface area (Å²) in [4.78, 5) is 23.2. The van der Waals surface area contributed by atoms with E-state index in [1.54, 1.807) is 0 Å². The van der Waals surface area contributed by atoms with Gasteiger partial charge >= 0.3 is 11.9 Å². The van der Waals surface area contributed by atoms with Crippen LogP contribution in [0.2, 0.25) is 0 Å². The van der Waals surface area contributed by atoms with E-state index in [4.69, 9.17) is 18.9 Å². The maximum atomic E-state index is 11.6. The van der Waals surface area contributed by atoms with E-state index in [2.05, 4.69) is 48.5 Å². The molecule has 0 bridgehead atoms. The van der Waals surface area contributed by atoms with E-state index in [1.807, 2.05) is 27.7 Å². The second kappa shape index (κ2) is 40.4. The summed E-state index contributed by atoms with van der Waals surface area (Å²) in [7, 11) is 0. The Balaban J connectivity index is 1.14. The van der Waals surface area contributed by atoms with Crippen LogP contribution < -0.4 is 9.47 Å². The number of hydrogen-bond donors (Lipinski definition) is 0. The minimum absolute atomic E-state index is 0.00500. The molecule has 6 nitrogen and oxygen atoms in total. The lowest BCUT2D eigenvalue weighted by Gasteiger charge is -2.18. The average molecular weight is 943 g/mol. The topological polar surface area (TPSA) is 71.1 Å². The van der Waals surface area contributed by atoms with Crippen LogP contribution in [-0.4, -0.2) is 37.4 Å². The second-order valence-electron chi connectivity index (χ2n) is 20.8. The molecule has 0 heterocycles. The van der Waals surface area contributed by atoms with Gasteiger partial charge in [0, 0.05) is 34.4 Å². The van der Waals surface area contributed by atoms with Gasteiger partial charge in [-0.05, 0) is 53.4 Å². The van der Waals surface area contributed by atoms with Gasteiger partial charge in [-0.1, -0.05) is 254 Å². The van der Waals surface area contributed by atoms with Gasteiger partial charge in [-0.2, -0.15) is 0 Å². The molecule has 68 heavy (non-hydrogen) atoms. The van der Waals surface area contributed by atoms with Crippen LogP contribution in [0.15, 0.2) is 48.5 Å². The Morgan fingerprint density at radius 3 is 0.706 bits per heavy atom. The molecule has 3 rings (SSSR count). The van der Waals surface area contributed by atoms with Crippen molar-refractivity contribution in [3.63, 3.8) is 0 Å². The van der Waals surface area contributed by atoms with Crippen molar-refractivity contribution in [2.24, 2.45) is 0 Å². The van der Waals surface area contributed by atoms with Gasteiger partial charge in [0.1, 0.15) is 11.5 Å². The maximum Gasteiger partial charge on any atom is 0.306 e. The lowest BCUT2D eigenvalue weighted by molar-refractivity contribution is -0.148. The maximum absolute atomic E-state index is 11.6. The molecule has 0 aliphatic heterocycles. The molecule has 0 fully saturated rings. The smallest absolute Gasteiger partial charge is 0.306 e. The number of unbranched alkanes of at least 4 members (excludes halogenated alkanes) is 34. The van der Waals surface area contributed by atoms with Gasteiger partial charge in [0.15, 0.2) is 0 Å².